The van der Waals surface area contributed by atoms with Crippen LogP contribution in [-0.4, -0.2) is 22.3 Å². The van der Waals surface area contributed by atoms with Gasteiger partial charge in [-0.25, -0.2) is 4.68 Å². The van der Waals surface area contributed by atoms with Crippen molar-refractivity contribution in [3.05, 3.63) is 46.8 Å². The van der Waals surface area contributed by atoms with Crippen LogP contribution in [0.1, 0.15) is 73.3 Å². The summed E-state index contributed by atoms with van der Waals surface area (Å²) in [5, 5.41) is 4.52. The van der Waals surface area contributed by atoms with Gasteiger partial charge in [-0.05, 0) is 50.8 Å². The van der Waals surface area contributed by atoms with Crippen molar-refractivity contribution < 1.29 is 9.53 Å². The molecule has 0 bridgehead atoms. The number of ether oxygens (including phenoxy) is 1. The van der Waals surface area contributed by atoms with Gasteiger partial charge in [0.15, 0.2) is 0 Å². The topological polar surface area (TPSA) is 44.1 Å². The Hall–Kier alpha value is -2.10. The third-order valence-corrected chi connectivity index (χ3v) is 4.49. The summed E-state index contributed by atoms with van der Waals surface area (Å²) in [6.45, 7) is 8.85. The zero-order valence-corrected chi connectivity index (χ0v) is 16.0. The lowest BCUT2D eigenvalue weighted by atomic mass is 10.0. The van der Waals surface area contributed by atoms with Crippen molar-refractivity contribution in [1.82, 2.24) is 9.78 Å². The number of hydrogen-bond acceptors (Lipinski definition) is 3. The predicted octanol–water partition coefficient (Wildman–Crippen LogP) is 5.10. The van der Waals surface area contributed by atoms with E-state index in [0.717, 1.165) is 30.7 Å². The van der Waals surface area contributed by atoms with Crippen LogP contribution in [0, 0.1) is 13.8 Å². The number of benzene rings is 1. The highest BCUT2D eigenvalue weighted by atomic mass is 16.5. The minimum atomic E-state index is -0.118. The van der Waals surface area contributed by atoms with Crippen molar-refractivity contribution in [3.8, 4) is 5.75 Å². The second-order valence-electron chi connectivity index (χ2n) is 6.52. The Labute approximate surface area is 151 Å². The summed E-state index contributed by atoms with van der Waals surface area (Å²) < 4.78 is 7.28. The zero-order valence-electron chi connectivity index (χ0n) is 16.0. The van der Waals surface area contributed by atoms with Crippen LogP contribution >= 0.6 is 0 Å². The van der Waals surface area contributed by atoms with Crippen LogP contribution < -0.4 is 4.74 Å². The number of aromatic nitrogens is 2. The predicted molar refractivity (Wildman–Crippen MR) is 102 cm³/mol. The average molecular weight is 342 g/mol. The lowest BCUT2D eigenvalue weighted by Gasteiger charge is -2.11. The van der Waals surface area contributed by atoms with Crippen molar-refractivity contribution >= 4 is 5.91 Å². The quantitative estimate of drug-likeness (QED) is 0.596. The molecule has 0 fully saturated rings. The van der Waals surface area contributed by atoms with E-state index in [1.807, 2.05) is 38.1 Å². The Balaban J connectivity index is 2.23. The second-order valence-corrected chi connectivity index (χ2v) is 6.52. The van der Waals surface area contributed by atoms with Gasteiger partial charge in [-0.15, -0.1) is 0 Å². The zero-order chi connectivity index (χ0) is 18.2. The van der Waals surface area contributed by atoms with Crippen molar-refractivity contribution in [2.75, 3.05) is 6.61 Å². The first-order valence-corrected chi connectivity index (χ1v) is 9.41. The van der Waals surface area contributed by atoms with Crippen LogP contribution in [0.4, 0.5) is 0 Å². The first kappa shape index (κ1) is 19.2. The monoisotopic (exact) mass is 342 g/mol. The fourth-order valence-electron chi connectivity index (χ4n) is 3.06. The average Bonchev–Trinajstić information content (AvgIpc) is 2.91. The van der Waals surface area contributed by atoms with E-state index in [2.05, 4.69) is 18.9 Å². The molecule has 0 radical (unpaired) electrons. The van der Waals surface area contributed by atoms with E-state index in [1.54, 1.807) is 4.68 Å². The maximum absolute atomic E-state index is 13.0. The normalized spacial score (nSPS) is 10.9. The van der Waals surface area contributed by atoms with Gasteiger partial charge in [0, 0.05) is 5.69 Å². The van der Waals surface area contributed by atoms with Crippen LogP contribution in [0.15, 0.2) is 24.3 Å². The van der Waals surface area contributed by atoms with Crippen molar-refractivity contribution in [1.29, 1.82) is 0 Å². The van der Waals surface area contributed by atoms with Crippen LogP contribution in [0.2, 0.25) is 0 Å². The number of nitrogens with zero attached hydrogens (tertiary/aromatic N) is 2. The van der Waals surface area contributed by atoms with E-state index in [0.29, 0.717) is 17.9 Å². The molecule has 0 saturated heterocycles. The van der Waals surface area contributed by atoms with Gasteiger partial charge in [-0.1, -0.05) is 45.2 Å². The summed E-state index contributed by atoms with van der Waals surface area (Å²) in [7, 11) is 0. The molecule has 2 aromatic rings. The van der Waals surface area contributed by atoms with Crippen LogP contribution in [0.25, 0.3) is 0 Å². The van der Waals surface area contributed by atoms with Crippen molar-refractivity contribution in [3.63, 3.8) is 0 Å². The molecule has 2 rings (SSSR count). The number of rotatable bonds is 9. The molecule has 25 heavy (non-hydrogen) atoms. The van der Waals surface area contributed by atoms with Gasteiger partial charge < -0.3 is 4.74 Å². The molecule has 0 amide bonds. The molecule has 0 aliphatic rings. The summed E-state index contributed by atoms with van der Waals surface area (Å²) in [6, 6.07) is 7.41. The summed E-state index contributed by atoms with van der Waals surface area (Å²) in [5.41, 5.74) is 3.68. The summed E-state index contributed by atoms with van der Waals surface area (Å²) in [6.07, 6.45) is 6.74. The molecule has 0 spiro atoms. The van der Waals surface area contributed by atoms with E-state index in [9.17, 15) is 4.79 Å². The SMILES string of the molecule is CCCCCCc1c(C)nn(C(=O)c2ccccc2OCCC)c1C. The molecule has 4 nitrogen and oxygen atoms in total. The number of para-hydroxylation sites is 1. The maximum Gasteiger partial charge on any atom is 0.282 e. The molecule has 0 N–H and O–H groups in total. The molecule has 1 aromatic heterocycles. The number of carbonyl (C=O) groups excluding carboxylic acids is 1. The third-order valence-electron chi connectivity index (χ3n) is 4.49. The molecule has 0 atom stereocenters. The van der Waals surface area contributed by atoms with Crippen LogP contribution in [-0.2, 0) is 6.42 Å². The van der Waals surface area contributed by atoms with E-state index >= 15 is 0 Å². The molecular weight excluding hydrogens is 312 g/mol. The Morgan fingerprint density at radius 3 is 2.56 bits per heavy atom. The number of carbonyl (C=O) groups is 1. The lowest BCUT2D eigenvalue weighted by molar-refractivity contribution is 0.0938. The molecule has 0 aliphatic heterocycles. The van der Waals surface area contributed by atoms with Gasteiger partial charge in [0.05, 0.1) is 17.9 Å². The number of unbranched alkanes of at least 4 members (excludes halogenated alkanes) is 3. The molecule has 0 aliphatic carbocycles. The van der Waals surface area contributed by atoms with Crippen LogP contribution in [0.5, 0.6) is 5.75 Å². The molecule has 1 heterocycles. The van der Waals surface area contributed by atoms with Crippen molar-refractivity contribution in [2.45, 2.75) is 66.2 Å². The van der Waals surface area contributed by atoms with Crippen LogP contribution in [0.3, 0.4) is 0 Å². The molecule has 0 unspecified atom stereocenters. The van der Waals surface area contributed by atoms with Gasteiger partial charge in [-0.3, -0.25) is 4.79 Å². The maximum atomic E-state index is 13.0. The van der Waals surface area contributed by atoms with E-state index in [4.69, 9.17) is 4.74 Å². The summed E-state index contributed by atoms with van der Waals surface area (Å²) in [4.78, 5) is 13.0. The Bertz CT molecular complexity index is 704. The first-order valence-electron chi connectivity index (χ1n) is 9.41. The standard InChI is InChI=1S/C21H30N2O2/c1-5-7-8-9-12-18-16(3)22-23(17(18)4)21(24)19-13-10-11-14-20(19)25-15-6-2/h10-11,13-14H,5-9,12,15H2,1-4H3. The minimum Gasteiger partial charge on any atom is -0.493 e. The van der Waals surface area contributed by atoms with Gasteiger partial charge in [0.1, 0.15) is 5.75 Å². The molecule has 0 saturated carbocycles. The smallest absolute Gasteiger partial charge is 0.282 e. The molecular formula is C21H30N2O2. The number of aryl methyl sites for hydroxylation is 1. The fraction of sp³-hybridized carbons (Fsp3) is 0.524. The highest BCUT2D eigenvalue weighted by Gasteiger charge is 2.20. The van der Waals surface area contributed by atoms with E-state index in [1.165, 1.54) is 24.8 Å². The Morgan fingerprint density at radius 2 is 1.84 bits per heavy atom. The van der Waals surface area contributed by atoms with Gasteiger partial charge in [0.25, 0.3) is 5.91 Å². The van der Waals surface area contributed by atoms with Gasteiger partial charge >= 0.3 is 0 Å². The highest BCUT2D eigenvalue weighted by molar-refractivity contribution is 5.98. The third kappa shape index (κ3) is 4.71. The Kier molecular flexibility index (Phi) is 7.23. The summed E-state index contributed by atoms with van der Waals surface area (Å²) >= 11 is 0. The van der Waals surface area contributed by atoms with E-state index in [-0.39, 0.29) is 5.91 Å². The largest absolute Gasteiger partial charge is 0.493 e. The fourth-order valence-corrected chi connectivity index (χ4v) is 3.06. The molecule has 136 valence electrons. The molecule has 4 heteroatoms. The number of hydrogen-bond donors (Lipinski definition) is 0. The van der Waals surface area contributed by atoms with E-state index < -0.39 is 0 Å². The highest BCUT2D eigenvalue weighted by Crippen LogP contribution is 2.22. The minimum absolute atomic E-state index is 0.118. The first-order chi connectivity index (χ1) is 12.1. The van der Waals surface area contributed by atoms with Gasteiger partial charge in [0.2, 0.25) is 0 Å². The molecule has 1 aromatic carbocycles. The second kappa shape index (κ2) is 9.40. The lowest BCUT2D eigenvalue weighted by Crippen LogP contribution is -2.17. The van der Waals surface area contributed by atoms with Crippen molar-refractivity contribution in [2.24, 2.45) is 0 Å². The van der Waals surface area contributed by atoms with Gasteiger partial charge in [-0.2, -0.15) is 5.10 Å². The summed E-state index contributed by atoms with van der Waals surface area (Å²) in [5.74, 6) is 0.513. The Morgan fingerprint density at radius 1 is 1.08 bits per heavy atom.